The van der Waals surface area contributed by atoms with Crippen molar-refractivity contribution in [1.82, 2.24) is 10.2 Å². The monoisotopic (exact) mass is 341 g/mol. The Bertz CT molecular complexity index is 621. The Balaban J connectivity index is 1.80. The van der Waals surface area contributed by atoms with Crippen molar-refractivity contribution in [3.05, 3.63) is 29.3 Å². The number of para-hydroxylation sites is 1. The minimum absolute atomic E-state index is 0.00676. The van der Waals surface area contributed by atoms with E-state index >= 15 is 0 Å². The summed E-state index contributed by atoms with van der Waals surface area (Å²) in [5, 5.41) is 4.68. The summed E-state index contributed by atoms with van der Waals surface area (Å²) in [6, 6.07) is 6.51. The van der Waals surface area contributed by atoms with E-state index in [1.54, 1.807) is 24.3 Å². The van der Waals surface area contributed by atoms with Crippen molar-refractivity contribution in [3.63, 3.8) is 0 Å². The zero-order chi connectivity index (χ0) is 16.1. The molecule has 0 bridgehead atoms. The molecule has 0 saturated carbocycles. The topological polar surface area (TPSA) is 95.6 Å². The van der Waals surface area contributed by atoms with Crippen LogP contribution < -0.4 is 10.6 Å². The zero-order valence-corrected chi connectivity index (χ0v) is 12.9. The zero-order valence-electron chi connectivity index (χ0n) is 11.3. The third-order valence-electron chi connectivity index (χ3n) is 2.79. The van der Waals surface area contributed by atoms with Gasteiger partial charge in [-0.3, -0.25) is 24.1 Å². The van der Waals surface area contributed by atoms with Crippen molar-refractivity contribution in [2.75, 3.05) is 24.2 Å². The van der Waals surface area contributed by atoms with Gasteiger partial charge in [0.25, 0.3) is 5.24 Å². The molecule has 4 amide bonds. The number of rotatable bonds is 4. The van der Waals surface area contributed by atoms with Gasteiger partial charge in [-0.1, -0.05) is 35.5 Å². The normalized spacial score (nSPS) is 14.1. The highest BCUT2D eigenvalue weighted by atomic mass is 35.5. The molecule has 2 rings (SSSR count). The molecule has 0 aromatic heterocycles. The van der Waals surface area contributed by atoms with Gasteiger partial charge in [0.05, 0.1) is 16.5 Å². The fourth-order valence-corrected chi connectivity index (χ4v) is 2.63. The number of carbonyl (C=O) groups excluding carboxylic acids is 4. The van der Waals surface area contributed by atoms with Crippen LogP contribution in [0.1, 0.15) is 0 Å². The molecule has 1 heterocycles. The van der Waals surface area contributed by atoms with Crippen LogP contribution >= 0.6 is 23.4 Å². The van der Waals surface area contributed by atoms with Gasteiger partial charge in [0.1, 0.15) is 0 Å². The van der Waals surface area contributed by atoms with Crippen molar-refractivity contribution in [2.45, 2.75) is 0 Å². The number of halogens is 1. The Kier molecular flexibility index (Phi) is 5.40. The third kappa shape index (κ3) is 3.99. The summed E-state index contributed by atoms with van der Waals surface area (Å²) in [5.41, 5.74) is 0.325. The molecule has 0 unspecified atom stereocenters. The number of thioether (sulfide) groups is 1. The van der Waals surface area contributed by atoms with Gasteiger partial charge in [-0.25, -0.2) is 0 Å². The molecular formula is C13H12ClN3O4S. The van der Waals surface area contributed by atoms with Gasteiger partial charge < -0.3 is 10.6 Å². The molecule has 1 aromatic carbocycles. The highest BCUT2D eigenvalue weighted by molar-refractivity contribution is 8.14. The smallest absolute Gasteiger partial charge is 0.313 e. The molecule has 0 radical (unpaired) electrons. The molecule has 116 valence electrons. The number of amides is 4. The number of nitrogens with zero attached hydrogens (tertiary/aromatic N) is 1. The number of anilines is 1. The molecule has 1 aromatic rings. The lowest BCUT2D eigenvalue weighted by molar-refractivity contribution is -0.136. The summed E-state index contributed by atoms with van der Waals surface area (Å²) < 4.78 is 0. The van der Waals surface area contributed by atoms with Gasteiger partial charge in [0, 0.05) is 13.1 Å². The van der Waals surface area contributed by atoms with Crippen LogP contribution in [-0.2, 0) is 14.4 Å². The highest BCUT2D eigenvalue weighted by Gasteiger charge is 2.29. The van der Waals surface area contributed by atoms with E-state index in [1.165, 1.54) is 0 Å². The molecule has 2 N–H and O–H groups in total. The maximum Gasteiger partial charge on any atom is 0.313 e. The van der Waals surface area contributed by atoms with Crippen LogP contribution in [0.3, 0.4) is 0 Å². The first-order valence-corrected chi connectivity index (χ1v) is 7.66. The fourth-order valence-electron chi connectivity index (χ4n) is 1.70. The van der Waals surface area contributed by atoms with E-state index in [9.17, 15) is 19.2 Å². The molecule has 7 nitrogen and oxygen atoms in total. The Labute approximate surface area is 135 Å². The Morgan fingerprint density at radius 3 is 2.59 bits per heavy atom. The van der Waals surface area contributed by atoms with E-state index in [1.807, 2.05) is 0 Å². The van der Waals surface area contributed by atoms with Crippen LogP contribution in [0.15, 0.2) is 24.3 Å². The van der Waals surface area contributed by atoms with Gasteiger partial charge in [-0.05, 0) is 12.1 Å². The van der Waals surface area contributed by atoms with Gasteiger partial charge in [0.15, 0.2) is 0 Å². The molecule has 1 saturated heterocycles. The number of carbonyl (C=O) groups is 4. The predicted octanol–water partition coefficient (Wildman–Crippen LogP) is 1.09. The van der Waals surface area contributed by atoms with Crippen molar-refractivity contribution >= 4 is 52.0 Å². The summed E-state index contributed by atoms with van der Waals surface area (Å²) >= 11 is 6.78. The minimum Gasteiger partial charge on any atom is -0.346 e. The Morgan fingerprint density at radius 1 is 1.23 bits per heavy atom. The fraction of sp³-hybridized carbons (Fsp3) is 0.231. The number of hydrogen-bond donors (Lipinski definition) is 2. The van der Waals surface area contributed by atoms with Crippen LogP contribution in [0, 0.1) is 0 Å². The molecule has 1 fully saturated rings. The summed E-state index contributed by atoms with van der Waals surface area (Å²) in [6.45, 7) is 0.0442. The summed E-state index contributed by atoms with van der Waals surface area (Å²) in [6.07, 6.45) is 0. The second-order valence-electron chi connectivity index (χ2n) is 4.29. The number of hydrogen-bond acceptors (Lipinski definition) is 5. The lowest BCUT2D eigenvalue weighted by Gasteiger charge is -2.13. The van der Waals surface area contributed by atoms with Gasteiger partial charge in [-0.2, -0.15) is 0 Å². The minimum atomic E-state index is -0.874. The van der Waals surface area contributed by atoms with Gasteiger partial charge in [0.2, 0.25) is 5.91 Å². The van der Waals surface area contributed by atoms with E-state index in [-0.39, 0.29) is 30.0 Å². The first kappa shape index (κ1) is 16.3. The van der Waals surface area contributed by atoms with Crippen molar-refractivity contribution in [3.8, 4) is 0 Å². The molecule has 1 aliphatic rings. The first-order valence-electron chi connectivity index (χ1n) is 6.30. The lowest BCUT2D eigenvalue weighted by Crippen LogP contribution is -2.41. The quantitative estimate of drug-likeness (QED) is 0.799. The second kappa shape index (κ2) is 7.28. The molecule has 1 aliphatic heterocycles. The molecule has 0 aliphatic carbocycles. The summed E-state index contributed by atoms with van der Waals surface area (Å²) in [5.74, 6) is -1.93. The molecule has 0 spiro atoms. The van der Waals surface area contributed by atoms with E-state index in [2.05, 4.69) is 10.6 Å². The van der Waals surface area contributed by atoms with E-state index < -0.39 is 11.8 Å². The first-order chi connectivity index (χ1) is 10.5. The Hall–Kier alpha value is -2.06. The van der Waals surface area contributed by atoms with E-state index in [4.69, 9.17) is 11.6 Å². The summed E-state index contributed by atoms with van der Waals surface area (Å²) in [7, 11) is 0. The van der Waals surface area contributed by atoms with Crippen LogP contribution in [0.2, 0.25) is 5.02 Å². The molecule has 0 atom stereocenters. The third-order valence-corrected chi connectivity index (χ3v) is 3.98. The SMILES string of the molecule is O=C(NCCN1C(=O)CSC1=O)C(=O)Nc1ccccc1Cl. The standard InChI is InChI=1S/C13H12ClN3O4S/c14-8-3-1-2-4-9(8)16-12(20)11(19)15-5-6-17-10(18)7-22-13(17)21/h1-4H,5-7H2,(H,15,19)(H,16,20). The summed E-state index contributed by atoms with van der Waals surface area (Å²) in [4.78, 5) is 47.0. The predicted molar refractivity (Wildman–Crippen MR) is 82.7 cm³/mol. The van der Waals surface area contributed by atoms with Crippen molar-refractivity contribution in [2.24, 2.45) is 0 Å². The number of imide groups is 1. The number of nitrogens with one attached hydrogen (secondary N) is 2. The average Bonchev–Trinajstić information content (AvgIpc) is 2.81. The largest absolute Gasteiger partial charge is 0.346 e. The van der Waals surface area contributed by atoms with Crippen LogP contribution in [0.25, 0.3) is 0 Å². The molecule has 9 heteroatoms. The van der Waals surface area contributed by atoms with Crippen molar-refractivity contribution in [1.29, 1.82) is 0 Å². The van der Waals surface area contributed by atoms with E-state index in [0.29, 0.717) is 10.7 Å². The average molecular weight is 342 g/mol. The van der Waals surface area contributed by atoms with Crippen LogP contribution in [0.5, 0.6) is 0 Å². The maximum atomic E-state index is 11.7. The van der Waals surface area contributed by atoms with Crippen LogP contribution in [-0.4, -0.2) is 46.7 Å². The van der Waals surface area contributed by atoms with Gasteiger partial charge in [-0.15, -0.1) is 0 Å². The Morgan fingerprint density at radius 2 is 1.95 bits per heavy atom. The highest BCUT2D eigenvalue weighted by Crippen LogP contribution is 2.20. The molecule has 22 heavy (non-hydrogen) atoms. The molecular weight excluding hydrogens is 330 g/mol. The van der Waals surface area contributed by atoms with Crippen molar-refractivity contribution < 1.29 is 19.2 Å². The second-order valence-corrected chi connectivity index (χ2v) is 5.62. The van der Waals surface area contributed by atoms with E-state index in [0.717, 1.165) is 16.7 Å². The lowest BCUT2D eigenvalue weighted by atomic mass is 10.3. The number of benzene rings is 1. The van der Waals surface area contributed by atoms with Gasteiger partial charge >= 0.3 is 11.8 Å². The van der Waals surface area contributed by atoms with Crippen LogP contribution in [0.4, 0.5) is 10.5 Å². The maximum absolute atomic E-state index is 11.7.